The Bertz CT molecular complexity index is 767. The van der Waals surface area contributed by atoms with Crippen LogP contribution in [0.1, 0.15) is 38.5 Å². The molecule has 8 nitrogen and oxygen atoms in total. The summed E-state index contributed by atoms with van der Waals surface area (Å²) >= 11 is 0. The fraction of sp³-hybridized carbons (Fsp3) is 0.944. The van der Waals surface area contributed by atoms with Crippen LogP contribution in [-0.2, 0) is 14.8 Å². The summed E-state index contributed by atoms with van der Waals surface area (Å²) in [5, 5.41) is 4.92. The molecule has 0 spiro atoms. The highest BCUT2D eigenvalue weighted by Crippen LogP contribution is 2.37. The van der Waals surface area contributed by atoms with Gasteiger partial charge in [0, 0.05) is 44.1 Å². The van der Waals surface area contributed by atoms with Gasteiger partial charge in [-0.1, -0.05) is 0 Å². The average Bonchev–Trinajstić information content (AvgIpc) is 3.32. The van der Waals surface area contributed by atoms with Crippen molar-refractivity contribution in [3.63, 3.8) is 0 Å². The summed E-state index contributed by atoms with van der Waals surface area (Å²) in [5.41, 5.74) is 3.21. The van der Waals surface area contributed by atoms with E-state index < -0.39 is 28.4 Å². The number of nitrogens with one attached hydrogen (secondary N) is 3. The molecule has 0 aromatic carbocycles. The Hall–Kier alpha value is -0.880. The number of halogens is 2. The van der Waals surface area contributed by atoms with E-state index in [1.165, 1.54) is 0 Å². The molecule has 5 fully saturated rings. The zero-order valence-corrected chi connectivity index (χ0v) is 17.1. The molecule has 164 valence electrons. The van der Waals surface area contributed by atoms with Gasteiger partial charge in [0.05, 0.1) is 17.5 Å². The van der Waals surface area contributed by atoms with Crippen LogP contribution in [0.2, 0.25) is 0 Å². The second kappa shape index (κ2) is 7.37. The number of hydrazine groups is 1. The first-order chi connectivity index (χ1) is 13.8. The molecule has 3 heterocycles. The topological polar surface area (TPSA) is 93.8 Å². The maximum absolute atomic E-state index is 14.2. The Kier molecular flexibility index (Phi) is 5.09. The van der Waals surface area contributed by atoms with Gasteiger partial charge in [-0.05, 0) is 32.1 Å². The first-order valence-electron chi connectivity index (χ1n) is 10.7. The van der Waals surface area contributed by atoms with E-state index in [4.69, 9.17) is 0 Å². The first-order valence-corrected chi connectivity index (χ1v) is 12.2. The second-order valence-corrected chi connectivity index (χ2v) is 11.2. The molecule has 29 heavy (non-hydrogen) atoms. The number of piperazine rings is 1. The zero-order valence-electron chi connectivity index (χ0n) is 16.3. The molecule has 7 unspecified atom stereocenters. The summed E-state index contributed by atoms with van der Waals surface area (Å²) in [6, 6.07) is -0.690. The third kappa shape index (κ3) is 3.91. The lowest BCUT2D eigenvalue weighted by molar-refractivity contribution is -0.136. The number of rotatable bonds is 4. The first kappa shape index (κ1) is 20.0. The number of nitrogens with zero attached hydrogens (tertiary/aromatic N) is 2. The summed E-state index contributed by atoms with van der Waals surface area (Å²) in [6.07, 6.45) is -0.0107. The molecule has 3 N–H and O–H groups in total. The highest BCUT2D eigenvalue weighted by Gasteiger charge is 2.48. The lowest BCUT2D eigenvalue weighted by Crippen LogP contribution is -2.58. The number of hydrogen-bond acceptors (Lipinski definition) is 6. The van der Waals surface area contributed by atoms with Crippen molar-refractivity contribution >= 4 is 15.9 Å². The van der Waals surface area contributed by atoms with Crippen LogP contribution in [-0.4, -0.2) is 85.8 Å². The molecule has 2 saturated carbocycles. The van der Waals surface area contributed by atoms with E-state index in [-0.39, 0.29) is 48.2 Å². The highest BCUT2D eigenvalue weighted by atomic mass is 32.2. The van der Waals surface area contributed by atoms with Crippen molar-refractivity contribution in [2.45, 2.75) is 80.4 Å². The third-order valence-electron chi connectivity index (χ3n) is 7.09. The van der Waals surface area contributed by atoms with Crippen LogP contribution in [0.3, 0.4) is 0 Å². The molecule has 0 aromatic rings. The van der Waals surface area contributed by atoms with Crippen LogP contribution in [0.4, 0.5) is 8.78 Å². The van der Waals surface area contributed by atoms with Crippen molar-refractivity contribution in [2.24, 2.45) is 5.92 Å². The van der Waals surface area contributed by atoms with Gasteiger partial charge in [0.15, 0.2) is 0 Å². The Balaban J connectivity index is 1.17. The fourth-order valence-electron chi connectivity index (χ4n) is 5.41. The Morgan fingerprint density at radius 2 is 1.86 bits per heavy atom. The van der Waals surface area contributed by atoms with Crippen molar-refractivity contribution in [3.05, 3.63) is 0 Å². The van der Waals surface area contributed by atoms with Gasteiger partial charge >= 0.3 is 0 Å². The normalized spacial score (nSPS) is 43.2. The molecule has 0 bridgehead atoms. The van der Waals surface area contributed by atoms with E-state index in [1.807, 2.05) is 5.01 Å². The van der Waals surface area contributed by atoms with E-state index in [1.54, 1.807) is 4.90 Å². The number of carbonyl (C=O) groups excluding carboxylic acids is 1. The predicted octanol–water partition coefficient (Wildman–Crippen LogP) is -0.368. The van der Waals surface area contributed by atoms with Crippen molar-refractivity contribution < 1.29 is 22.0 Å². The van der Waals surface area contributed by atoms with E-state index >= 15 is 0 Å². The monoisotopic (exact) mass is 433 g/mol. The van der Waals surface area contributed by atoms with Gasteiger partial charge < -0.3 is 10.2 Å². The van der Waals surface area contributed by atoms with Crippen LogP contribution in [0.25, 0.3) is 0 Å². The largest absolute Gasteiger partial charge is 0.338 e. The number of carbonyl (C=O) groups is 1. The molecule has 5 aliphatic rings. The van der Waals surface area contributed by atoms with E-state index in [2.05, 4.69) is 15.5 Å². The lowest BCUT2D eigenvalue weighted by atomic mass is 9.82. The summed E-state index contributed by atoms with van der Waals surface area (Å²) in [4.78, 5) is 14.8. The van der Waals surface area contributed by atoms with Crippen LogP contribution in [0.5, 0.6) is 0 Å². The zero-order chi connectivity index (χ0) is 20.3. The van der Waals surface area contributed by atoms with Crippen LogP contribution >= 0.6 is 0 Å². The van der Waals surface area contributed by atoms with Crippen molar-refractivity contribution in [2.75, 3.05) is 19.6 Å². The lowest BCUT2D eigenvalue weighted by Gasteiger charge is -2.38. The molecule has 5 rings (SSSR count). The minimum absolute atomic E-state index is 0.0347. The Morgan fingerprint density at radius 1 is 1.07 bits per heavy atom. The molecule has 7 atom stereocenters. The summed E-state index contributed by atoms with van der Waals surface area (Å²) in [6.45, 7) is 1.64. The second-order valence-electron chi connectivity index (χ2n) is 9.22. The summed E-state index contributed by atoms with van der Waals surface area (Å²) in [7, 11) is -3.27. The SMILES string of the molecule is O=C(C1CC2C(F)CC(F)CC2N1)N1CCN2NC(NS(=O)(=O)C3CC3)CC2C1. The number of alkyl halides is 2. The van der Waals surface area contributed by atoms with Gasteiger partial charge in [-0.2, -0.15) is 4.72 Å². The summed E-state index contributed by atoms with van der Waals surface area (Å²) in [5.74, 6) is -0.338. The van der Waals surface area contributed by atoms with Gasteiger partial charge in [0.1, 0.15) is 12.3 Å². The Morgan fingerprint density at radius 3 is 2.62 bits per heavy atom. The molecular formula is C18H29F2N5O3S. The van der Waals surface area contributed by atoms with Crippen LogP contribution < -0.4 is 15.5 Å². The minimum atomic E-state index is -3.27. The van der Waals surface area contributed by atoms with Gasteiger partial charge in [0.2, 0.25) is 15.9 Å². The van der Waals surface area contributed by atoms with Gasteiger partial charge in [-0.3, -0.25) is 4.79 Å². The molecule has 0 radical (unpaired) electrons. The highest BCUT2D eigenvalue weighted by molar-refractivity contribution is 7.90. The molecule has 11 heteroatoms. The van der Waals surface area contributed by atoms with E-state index in [9.17, 15) is 22.0 Å². The molecule has 3 saturated heterocycles. The molecule has 3 aliphatic heterocycles. The average molecular weight is 434 g/mol. The standard InChI is InChI=1S/C18H29F2N5O3S/c19-10-5-14(20)13-8-16(21-15(13)6-10)18(26)24-3-4-25-11(9-24)7-17(22-25)23-29(27,28)12-1-2-12/h10-17,21-23H,1-9H2. The van der Waals surface area contributed by atoms with Gasteiger partial charge in [0.25, 0.3) is 0 Å². The third-order valence-corrected chi connectivity index (χ3v) is 9.05. The quantitative estimate of drug-likeness (QED) is 0.560. The van der Waals surface area contributed by atoms with E-state index in [0.29, 0.717) is 32.5 Å². The maximum Gasteiger partial charge on any atom is 0.239 e. The predicted molar refractivity (Wildman–Crippen MR) is 102 cm³/mol. The molecule has 0 aromatic heterocycles. The number of hydrogen-bond donors (Lipinski definition) is 3. The minimum Gasteiger partial charge on any atom is -0.338 e. The van der Waals surface area contributed by atoms with Gasteiger partial charge in [-0.25, -0.2) is 27.6 Å². The number of amides is 1. The van der Waals surface area contributed by atoms with Crippen molar-refractivity contribution in [3.8, 4) is 0 Å². The fourth-order valence-corrected chi connectivity index (χ4v) is 6.91. The number of fused-ring (bicyclic) bond motifs is 2. The van der Waals surface area contributed by atoms with Crippen LogP contribution in [0, 0.1) is 5.92 Å². The van der Waals surface area contributed by atoms with Gasteiger partial charge in [-0.15, -0.1) is 0 Å². The Labute approximate surface area is 169 Å². The number of sulfonamides is 1. The summed E-state index contributed by atoms with van der Waals surface area (Å²) < 4.78 is 55.0. The molecular weight excluding hydrogens is 404 g/mol. The molecule has 2 aliphatic carbocycles. The molecule has 1 amide bonds. The maximum atomic E-state index is 14.2. The van der Waals surface area contributed by atoms with Crippen LogP contribution in [0.15, 0.2) is 0 Å². The van der Waals surface area contributed by atoms with E-state index in [0.717, 1.165) is 12.8 Å². The van der Waals surface area contributed by atoms with Crippen molar-refractivity contribution in [1.29, 1.82) is 0 Å². The van der Waals surface area contributed by atoms with Crippen molar-refractivity contribution in [1.82, 2.24) is 25.4 Å². The smallest absolute Gasteiger partial charge is 0.239 e.